The lowest BCUT2D eigenvalue weighted by Crippen LogP contribution is -2.10. The van der Waals surface area contributed by atoms with E-state index in [1.165, 1.54) is 18.3 Å². The Hall–Kier alpha value is -2.92. The highest BCUT2D eigenvalue weighted by Gasteiger charge is 2.10. The summed E-state index contributed by atoms with van der Waals surface area (Å²) in [6, 6.07) is 20.8. The summed E-state index contributed by atoms with van der Waals surface area (Å²) in [5, 5.41) is 5.55. The minimum atomic E-state index is -0.144. The molecule has 24 heavy (non-hydrogen) atoms. The third-order valence-corrected chi connectivity index (χ3v) is 4.48. The van der Waals surface area contributed by atoms with Gasteiger partial charge in [0.05, 0.1) is 4.88 Å². The van der Waals surface area contributed by atoms with Gasteiger partial charge in [0.1, 0.15) is 0 Å². The zero-order chi connectivity index (χ0) is 16.9. The van der Waals surface area contributed by atoms with Gasteiger partial charge in [-0.15, -0.1) is 11.3 Å². The van der Waals surface area contributed by atoms with Crippen LogP contribution >= 0.6 is 11.3 Å². The average Bonchev–Trinajstić information content (AvgIpc) is 3.07. The van der Waals surface area contributed by atoms with E-state index < -0.39 is 0 Å². The number of anilines is 2. The lowest BCUT2D eigenvalue weighted by molar-refractivity contribution is -0.114. The molecule has 1 aromatic heterocycles. The van der Waals surface area contributed by atoms with Crippen LogP contribution in [-0.4, -0.2) is 11.8 Å². The maximum Gasteiger partial charge on any atom is 0.265 e. The Kier molecular flexibility index (Phi) is 4.72. The zero-order valence-electron chi connectivity index (χ0n) is 13.1. The van der Waals surface area contributed by atoms with Gasteiger partial charge in [0, 0.05) is 23.2 Å². The monoisotopic (exact) mass is 336 g/mol. The first-order chi connectivity index (χ1) is 11.6. The van der Waals surface area contributed by atoms with E-state index in [-0.39, 0.29) is 11.8 Å². The fraction of sp³-hybridized carbons (Fsp3) is 0.0526. The van der Waals surface area contributed by atoms with Crippen LogP contribution in [0.2, 0.25) is 0 Å². The molecule has 3 aromatic rings. The number of thiophene rings is 1. The van der Waals surface area contributed by atoms with Gasteiger partial charge in [0.2, 0.25) is 5.91 Å². The topological polar surface area (TPSA) is 58.2 Å². The predicted octanol–water partition coefficient (Wildman–Crippen LogP) is 4.63. The van der Waals surface area contributed by atoms with Crippen molar-refractivity contribution in [1.29, 1.82) is 0 Å². The van der Waals surface area contributed by atoms with Gasteiger partial charge in [-0.1, -0.05) is 30.3 Å². The number of amides is 2. The first kappa shape index (κ1) is 16.0. The van der Waals surface area contributed by atoms with Gasteiger partial charge in [-0.3, -0.25) is 9.59 Å². The lowest BCUT2D eigenvalue weighted by Gasteiger charge is -2.06. The summed E-state index contributed by atoms with van der Waals surface area (Å²) >= 11 is 1.46. The van der Waals surface area contributed by atoms with Gasteiger partial charge in [-0.2, -0.15) is 0 Å². The summed E-state index contributed by atoms with van der Waals surface area (Å²) in [5.74, 6) is -0.270. The molecule has 3 rings (SSSR count). The highest BCUT2D eigenvalue weighted by Crippen LogP contribution is 2.28. The van der Waals surface area contributed by atoms with E-state index in [4.69, 9.17) is 0 Å². The molecule has 0 atom stereocenters. The molecular formula is C19H16N2O2S. The number of hydrogen-bond acceptors (Lipinski definition) is 3. The van der Waals surface area contributed by atoms with Gasteiger partial charge < -0.3 is 10.6 Å². The van der Waals surface area contributed by atoms with Crippen molar-refractivity contribution in [2.45, 2.75) is 6.92 Å². The van der Waals surface area contributed by atoms with Gasteiger partial charge in [-0.25, -0.2) is 0 Å². The van der Waals surface area contributed by atoms with Crippen molar-refractivity contribution in [3.05, 3.63) is 71.6 Å². The molecule has 0 bridgehead atoms. The van der Waals surface area contributed by atoms with Crippen LogP contribution in [0.1, 0.15) is 16.6 Å². The molecular weight excluding hydrogens is 320 g/mol. The Morgan fingerprint density at radius 1 is 0.792 bits per heavy atom. The van der Waals surface area contributed by atoms with Crippen LogP contribution < -0.4 is 10.6 Å². The van der Waals surface area contributed by atoms with Crippen molar-refractivity contribution in [2.24, 2.45) is 0 Å². The van der Waals surface area contributed by atoms with Crippen LogP contribution in [0.5, 0.6) is 0 Å². The van der Waals surface area contributed by atoms with Gasteiger partial charge in [-0.05, 0) is 42.0 Å². The van der Waals surface area contributed by atoms with Crippen molar-refractivity contribution < 1.29 is 9.59 Å². The van der Waals surface area contributed by atoms with Crippen molar-refractivity contribution >= 4 is 34.5 Å². The van der Waals surface area contributed by atoms with Crippen molar-refractivity contribution in [1.82, 2.24) is 0 Å². The molecule has 0 saturated carbocycles. The zero-order valence-corrected chi connectivity index (χ0v) is 13.9. The number of carbonyl (C=O) groups is 2. The molecule has 0 saturated heterocycles. The smallest absolute Gasteiger partial charge is 0.265 e. The second-order valence-corrected chi connectivity index (χ2v) is 6.33. The molecule has 120 valence electrons. The van der Waals surface area contributed by atoms with E-state index in [2.05, 4.69) is 10.6 Å². The Bertz CT molecular complexity index is 855. The summed E-state index contributed by atoms with van der Waals surface area (Å²) < 4.78 is 0. The van der Waals surface area contributed by atoms with Crippen LogP contribution in [0.3, 0.4) is 0 Å². The van der Waals surface area contributed by atoms with Crippen molar-refractivity contribution in [3.63, 3.8) is 0 Å². The van der Waals surface area contributed by atoms with E-state index in [0.29, 0.717) is 16.3 Å². The molecule has 2 amide bonds. The number of nitrogens with one attached hydrogen (secondary N) is 2. The van der Waals surface area contributed by atoms with Crippen LogP contribution in [0.4, 0.5) is 11.4 Å². The third-order valence-electron chi connectivity index (χ3n) is 3.35. The first-order valence-electron chi connectivity index (χ1n) is 7.46. The predicted molar refractivity (Wildman–Crippen MR) is 98.5 cm³/mol. The highest BCUT2D eigenvalue weighted by atomic mass is 32.1. The minimum Gasteiger partial charge on any atom is -0.326 e. The number of rotatable bonds is 4. The lowest BCUT2D eigenvalue weighted by atomic mass is 10.2. The first-order valence-corrected chi connectivity index (χ1v) is 8.28. The maximum absolute atomic E-state index is 12.4. The van der Waals surface area contributed by atoms with Crippen molar-refractivity contribution in [3.8, 4) is 10.4 Å². The van der Waals surface area contributed by atoms with Gasteiger partial charge >= 0.3 is 0 Å². The second-order valence-electron chi connectivity index (χ2n) is 5.24. The molecule has 0 unspecified atom stereocenters. The van der Waals surface area contributed by atoms with E-state index in [9.17, 15) is 9.59 Å². The maximum atomic E-state index is 12.4. The Labute approximate surface area is 144 Å². The Morgan fingerprint density at radius 2 is 1.42 bits per heavy atom. The summed E-state index contributed by atoms with van der Waals surface area (Å²) in [6.45, 7) is 1.46. The number of hydrogen-bond donors (Lipinski definition) is 2. The van der Waals surface area contributed by atoms with E-state index in [0.717, 1.165) is 10.4 Å². The number of benzene rings is 2. The van der Waals surface area contributed by atoms with Crippen LogP contribution in [0.25, 0.3) is 10.4 Å². The van der Waals surface area contributed by atoms with E-state index in [1.54, 1.807) is 24.3 Å². The molecule has 1 heterocycles. The van der Waals surface area contributed by atoms with Gasteiger partial charge in [0.25, 0.3) is 5.91 Å². The fourth-order valence-electron chi connectivity index (χ4n) is 2.25. The molecule has 2 N–H and O–H groups in total. The van der Waals surface area contributed by atoms with Crippen LogP contribution in [0.15, 0.2) is 66.7 Å². The molecule has 0 aliphatic carbocycles. The molecule has 0 aliphatic rings. The van der Waals surface area contributed by atoms with Crippen LogP contribution in [-0.2, 0) is 4.79 Å². The van der Waals surface area contributed by atoms with E-state index in [1.807, 2.05) is 42.5 Å². The second kappa shape index (κ2) is 7.10. The molecule has 0 spiro atoms. The average molecular weight is 336 g/mol. The standard InChI is InChI=1S/C19H16N2O2S/c1-13(22)20-15-7-9-16(10-8-15)21-19(23)18-12-11-17(24-18)14-5-3-2-4-6-14/h2-12H,1H3,(H,20,22)(H,21,23). The molecule has 0 aliphatic heterocycles. The summed E-state index contributed by atoms with van der Waals surface area (Å²) in [5.41, 5.74) is 2.48. The van der Waals surface area contributed by atoms with E-state index >= 15 is 0 Å². The highest BCUT2D eigenvalue weighted by molar-refractivity contribution is 7.17. The molecule has 2 aromatic carbocycles. The Balaban J connectivity index is 1.69. The quantitative estimate of drug-likeness (QED) is 0.730. The minimum absolute atomic E-state index is 0.126. The fourth-order valence-corrected chi connectivity index (χ4v) is 3.16. The summed E-state index contributed by atoms with van der Waals surface area (Å²) in [4.78, 5) is 25.1. The molecule has 4 nitrogen and oxygen atoms in total. The normalized spacial score (nSPS) is 10.2. The summed E-state index contributed by atoms with van der Waals surface area (Å²) in [6.07, 6.45) is 0. The summed E-state index contributed by atoms with van der Waals surface area (Å²) in [7, 11) is 0. The van der Waals surface area contributed by atoms with Gasteiger partial charge in [0.15, 0.2) is 0 Å². The largest absolute Gasteiger partial charge is 0.326 e. The molecule has 0 fully saturated rings. The van der Waals surface area contributed by atoms with Crippen LogP contribution in [0, 0.1) is 0 Å². The SMILES string of the molecule is CC(=O)Nc1ccc(NC(=O)c2ccc(-c3ccccc3)s2)cc1. The molecule has 5 heteroatoms. The number of carbonyl (C=O) groups excluding carboxylic acids is 2. The van der Waals surface area contributed by atoms with Crippen molar-refractivity contribution in [2.75, 3.05) is 10.6 Å². The Morgan fingerprint density at radius 3 is 2.04 bits per heavy atom. The molecule has 0 radical (unpaired) electrons. The third kappa shape index (κ3) is 3.88.